The lowest BCUT2D eigenvalue weighted by atomic mass is 9.88. The van der Waals surface area contributed by atoms with Gasteiger partial charge in [0.2, 0.25) is 5.88 Å². The molecule has 2 heterocycles. The average Bonchev–Trinajstić information content (AvgIpc) is 2.85. The summed E-state index contributed by atoms with van der Waals surface area (Å²) in [6, 6.07) is 30.2. The molecule has 3 heteroatoms. The first kappa shape index (κ1) is 19.8. The molecule has 0 radical (unpaired) electrons. The zero-order chi connectivity index (χ0) is 21.0. The number of rotatable bonds is 5. The minimum Gasteiger partial charge on any atom is -0.481 e. The van der Waals surface area contributed by atoms with E-state index in [0.29, 0.717) is 11.8 Å². The van der Waals surface area contributed by atoms with E-state index in [0.717, 1.165) is 25.2 Å². The van der Waals surface area contributed by atoms with Crippen molar-refractivity contribution in [2.45, 2.75) is 25.3 Å². The standard InChI is InChI=1S/C28H28N2O/c1-31-27-15-14-25-8-5-9-26(28(25)29-27)24-16-18-30(19-17-24)20-21-10-12-23(13-11-21)22-6-3-2-4-7-22/h2-15,24H,16-20H2,1H3. The lowest BCUT2D eigenvalue weighted by Gasteiger charge is -2.32. The minimum atomic E-state index is 0.556. The van der Waals surface area contributed by atoms with Gasteiger partial charge in [-0.2, -0.15) is 0 Å². The maximum absolute atomic E-state index is 5.37. The molecule has 4 aromatic rings. The summed E-state index contributed by atoms with van der Waals surface area (Å²) in [6.45, 7) is 3.25. The van der Waals surface area contributed by atoms with Crippen molar-refractivity contribution in [3.63, 3.8) is 0 Å². The largest absolute Gasteiger partial charge is 0.481 e. The molecular weight excluding hydrogens is 380 g/mol. The second-order valence-electron chi connectivity index (χ2n) is 8.39. The molecule has 3 aromatic carbocycles. The average molecular weight is 409 g/mol. The molecule has 31 heavy (non-hydrogen) atoms. The molecule has 1 aliphatic heterocycles. The smallest absolute Gasteiger partial charge is 0.213 e. The molecule has 0 spiro atoms. The molecule has 3 nitrogen and oxygen atoms in total. The molecular formula is C28H28N2O. The van der Waals surface area contributed by atoms with Gasteiger partial charge < -0.3 is 4.74 Å². The Kier molecular flexibility index (Phi) is 5.68. The quantitative estimate of drug-likeness (QED) is 0.388. The summed E-state index contributed by atoms with van der Waals surface area (Å²) in [4.78, 5) is 7.33. The van der Waals surface area contributed by atoms with Gasteiger partial charge in [-0.15, -0.1) is 0 Å². The first-order chi connectivity index (χ1) is 15.3. The molecule has 156 valence electrons. The lowest BCUT2D eigenvalue weighted by molar-refractivity contribution is 0.205. The summed E-state index contributed by atoms with van der Waals surface area (Å²) in [6.07, 6.45) is 2.33. The number of para-hydroxylation sites is 1. The monoisotopic (exact) mass is 408 g/mol. The third kappa shape index (κ3) is 4.33. The molecule has 0 amide bonds. The summed E-state index contributed by atoms with van der Waals surface area (Å²) in [5.74, 6) is 1.25. The van der Waals surface area contributed by atoms with Crippen LogP contribution in [-0.2, 0) is 6.54 Å². The highest BCUT2D eigenvalue weighted by Gasteiger charge is 2.22. The first-order valence-corrected chi connectivity index (χ1v) is 11.1. The summed E-state index contributed by atoms with van der Waals surface area (Å²) in [5.41, 5.74) is 6.40. The van der Waals surface area contributed by atoms with E-state index in [1.807, 2.05) is 6.07 Å². The van der Waals surface area contributed by atoms with Crippen molar-refractivity contribution in [3.05, 3.63) is 96.1 Å². The normalized spacial score (nSPS) is 15.3. The highest BCUT2D eigenvalue weighted by atomic mass is 16.5. The van der Waals surface area contributed by atoms with Gasteiger partial charge in [-0.25, -0.2) is 4.98 Å². The number of nitrogens with zero attached hydrogens (tertiary/aromatic N) is 2. The van der Waals surface area contributed by atoms with Crippen LogP contribution in [0.2, 0.25) is 0 Å². The van der Waals surface area contributed by atoms with Crippen LogP contribution in [-0.4, -0.2) is 30.1 Å². The predicted octanol–water partition coefficient (Wildman–Crippen LogP) is 6.29. The Morgan fingerprint density at radius 3 is 2.29 bits per heavy atom. The summed E-state index contributed by atoms with van der Waals surface area (Å²) in [5, 5.41) is 1.19. The fourth-order valence-corrected chi connectivity index (χ4v) is 4.69. The third-order valence-corrected chi connectivity index (χ3v) is 6.43. The first-order valence-electron chi connectivity index (χ1n) is 11.1. The fraction of sp³-hybridized carbons (Fsp3) is 0.250. The highest BCUT2D eigenvalue weighted by Crippen LogP contribution is 2.33. The van der Waals surface area contributed by atoms with Gasteiger partial charge in [0, 0.05) is 18.0 Å². The van der Waals surface area contributed by atoms with Crippen molar-refractivity contribution in [2.24, 2.45) is 0 Å². The van der Waals surface area contributed by atoms with Crippen LogP contribution in [0.15, 0.2) is 84.9 Å². The van der Waals surface area contributed by atoms with Crippen LogP contribution in [0.3, 0.4) is 0 Å². The molecule has 0 N–H and O–H groups in total. The van der Waals surface area contributed by atoms with E-state index in [4.69, 9.17) is 9.72 Å². The van der Waals surface area contributed by atoms with Gasteiger partial charge in [-0.3, -0.25) is 4.90 Å². The zero-order valence-corrected chi connectivity index (χ0v) is 18.0. The Labute approximate surface area is 184 Å². The summed E-state index contributed by atoms with van der Waals surface area (Å²) >= 11 is 0. The maximum atomic E-state index is 5.37. The van der Waals surface area contributed by atoms with Crippen molar-refractivity contribution < 1.29 is 4.74 Å². The van der Waals surface area contributed by atoms with Crippen molar-refractivity contribution in [2.75, 3.05) is 20.2 Å². The molecule has 0 unspecified atom stereocenters. The van der Waals surface area contributed by atoms with E-state index in [-0.39, 0.29) is 0 Å². The Balaban J connectivity index is 1.24. The van der Waals surface area contributed by atoms with Crippen LogP contribution in [0.1, 0.15) is 29.9 Å². The maximum Gasteiger partial charge on any atom is 0.213 e. The molecule has 0 aliphatic carbocycles. The number of piperidine rings is 1. The Morgan fingerprint density at radius 1 is 0.806 bits per heavy atom. The van der Waals surface area contributed by atoms with E-state index in [9.17, 15) is 0 Å². The van der Waals surface area contributed by atoms with E-state index in [1.165, 1.54) is 40.5 Å². The second-order valence-corrected chi connectivity index (χ2v) is 8.39. The SMILES string of the molecule is COc1ccc2cccc(C3CCN(Cc4ccc(-c5ccccc5)cc4)CC3)c2n1. The van der Waals surface area contributed by atoms with E-state index >= 15 is 0 Å². The van der Waals surface area contributed by atoms with Crippen LogP contribution >= 0.6 is 0 Å². The number of aromatic nitrogens is 1. The molecule has 1 aromatic heterocycles. The van der Waals surface area contributed by atoms with Gasteiger partial charge >= 0.3 is 0 Å². The predicted molar refractivity (Wildman–Crippen MR) is 127 cm³/mol. The topological polar surface area (TPSA) is 25.4 Å². The van der Waals surface area contributed by atoms with E-state index in [1.54, 1.807) is 7.11 Å². The summed E-state index contributed by atoms with van der Waals surface area (Å²) < 4.78 is 5.37. The second kappa shape index (κ2) is 8.91. The van der Waals surface area contributed by atoms with Gasteiger partial charge in [0.15, 0.2) is 0 Å². The van der Waals surface area contributed by atoms with Crippen molar-refractivity contribution >= 4 is 10.9 Å². The van der Waals surface area contributed by atoms with Crippen LogP contribution in [0.4, 0.5) is 0 Å². The van der Waals surface area contributed by atoms with Gasteiger partial charge in [0.05, 0.1) is 12.6 Å². The molecule has 1 saturated heterocycles. The number of hydrogen-bond donors (Lipinski definition) is 0. The van der Waals surface area contributed by atoms with Crippen LogP contribution < -0.4 is 4.74 Å². The third-order valence-electron chi connectivity index (χ3n) is 6.43. The van der Waals surface area contributed by atoms with Gasteiger partial charge in [0.25, 0.3) is 0 Å². The van der Waals surface area contributed by atoms with Gasteiger partial charge in [-0.1, -0.05) is 72.8 Å². The highest BCUT2D eigenvalue weighted by molar-refractivity contribution is 5.83. The molecule has 1 fully saturated rings. The number of ether oxygens (including phenoxy) is 1. The molecule has 5 rings (SSSR count). The molecule has 1 aliphatic rings. The number of fused-ring (bicyclic) bond motifs is 1. The van der Waals surface area contributed by atoms with E-state index in [2.05, 4.69) is 83.8 Å². The molecule has 0 saturated carbocycles. The van der Waals surface area contributed by atoms with Crippen molar-refractivity contribution in [3.8, 4) is 17.0 Å². The van der Waals surface area contributed by atoms with E-state index < -0.39 is 0 Å². The fourth-order valence-electron chi connectivity index (χ4n) is 4.69. The number of benzene rings is 3. The number of pyridine rings is 1. The number of likely N-dealkylation sites (tertiary alicyclic amines) is 1. The summed E-state index contributed by atoms with van der Waals surface area (Å²) in [7, 11) is 1.68. The Hall–Kier alpha value is -3.17. The van der Waals surface area contributed by atoms with Crippen LogP contribution in [0.5, 0.6) is 5.88 Å². The molecule has 0 bridgehead atoms. The Bertz CT molecular complexity index is 1150. The Morgan fingerprint density at radius 2 is 1.55 bits per heavy atom. The lowest BCUT2D eigenvalue weighted by Crippen LogP contribution is -2.32. The van der Waals surface area contributed by atoms with Gasteiger partial charge in [0.1, 0.15) is 0 Å². The number of methoxy groups -OCH3 is 1. The number of hydrogen-bond acceptors (Lipinski definition) is 3. The van der Waals surface area contributed by atoms with Crippen LogP contribution in [0.25, 0.3) is 22.0 Å². The van der Waals surface area contributed by atoms with Crippen molar-refractivity contribution in [1.29, 1.82) is 0 Å². The van der Waals surface area contributed by atoms with Crippen molar-refractivity contribution in [1.82, 2.24) is 9.88 Å². The zero-order valence-electron chi connectivity index (χ0n) is 18.0. The van der Waals surface area contributed by atoms with Gasteiger partial charge in [-0.05, 0) is 60.2 Å². The minimum absolute atomic E-state index is 0.556. The molecule has 0 atom stereocenters. The van der Waals surface area contributed by atoms with Crippen LogP contribution in [0, 0.1) is 0 Å².